The maximum atomic E-state index is 11.9. The second-order valence-electron chi connectivity index (χ2n) is 4.59. The van der Waals surface area contributed by atoms with Crippen LogP contribution in [0.15, 0.2) is 0 Å². The third kappa shape index (κ3) is 1.91. The zero-order valence-corrected chi connectivity index (χ0v) is 9.36. The fourth-order valence-electron chi connectivity index (χ4n) is 2.20. The summed E-state index contributed by atoms with van der Waals surface area (Å²) in [6, 6.07) is 0. The Labute approximate surface area is 94.2 Å². The lowest BCUT2D eigenvalue weighted by molar-refractivity contribution is -0.144. The lowest BCUT2D eigenvalue weighted by atomic mass is 9.98. The maximum Gasteiger partial charge on any atom is 0.329 e. The highest BCUT2D eigenvalue weighted by Gasteiger charge is 2.52. The molecule has 0 aromatic heterocycles. The Balaban J connectivity index is 1.95. The molecule has 0 aromatic carbocycles. The number of carboxylic acid groups (broad SMARTS) is 1. The zero-order chi connectivity index (χ0) is 11.8. The molecule has 16 heavy (non-hydrogen) atoms. The van der Waals surface area contributed by atoms with Crippen LogP contribution in [-0.4, -0.2) is 35.2 Å². The number of nitrogens with one attached hydrogen (secondary N) is 1. The van der Waals surface area contributed by atoms with E-state index in [1.54, 1.807) is 0 Å². The van der Waals surface area contributed by atoms with E-state index in [1.165, 1.54) is 0 Å². The van der Waals surface area contributed by atoms with Gasteiger partial charge in [0.15, 0.2) is 0 Å². The Kier molecular flexibility index (Phi) is 2.88. The van der Waals surface area contributed by atoms with Crippen LogP contribution in [0.4, 0.5) is 0 Å². The molecule has 1 aliphatic heterocycles. The quantitative estimate of drug-likeness (QED) is 0.734. The summed E-state index contributed by atoms with van der Waals surface area (Å²) in [5, 5.41) is 11.6. The molecular formula is C11H17NO4. The summed E-state index contributed by atoms with van der Waals surface area (Å²) in [5.74, 6) is -1.26. The molecule has 1 aliphatic carbocycles. The van der Waals surface area contributed by atoms with E-state index >= 15 is 0 Å². The molecule has 0 bridgehead atoms. The molecule has 1 heterocycles. The third-order valence-electron chi connectivity index (χ3n) is 3.47. The fraction of sp³-hybridized carbons (Fsp3) is 0.818. The Morgan fingerprint density at radius 2 is 2.19 bits per heavy atom. The van der Waals surface area contributed by atoms with Gasteiger partial charge >= 0.3 is 5.97 Å². The smallest absolute Gasteiger partial charge is 0.329 e. The van der Waals surface area contributed by atoms with Crippen LogP contribution < -0.4 is 5.32 Å². The summed E-state index contributed by atoms with van der Waals surface area (Å²) in [7, 11) is 0. The molecule has 2 unspecified atom stereocenters. The van der Waals surface area contributed by atoms with E-state index < -0.39 is 11.5 Å². The van der Waals surface area contributed by atoms with Gasteiger partial charge in [-0.1, -0.05) is 6.92 Å². The summed E-state index contributed by atoms with van der Waals surface area (Å²) in [6.07, 6.45) is 2.51. The van der Waals surface area contributed by atoms with Gasteiger partial charge in [0.1, 0.15) is 5.54 Å². The lowest BCUT2D eigenvalue weighted by Crippen LogP contribution is -2.47. The number of carbonyl (C=O) groups excluding carboxylic acids is 1. The monoisotopic (exact) mass is 227 g/mol. The van der Waals surface area contributed by atoms with Crippen molar-refractivity contribution in [3.05, 3.63) is 0 Å². The van der Waals surface area contributed by atoms with Crippen molar-refractivity contribution in [3.8, 4) is 0 Å². The molecule has 2 rings (SSSR count). The van der Waals surface area contributed by atoms with E-state index in [0.717, 1.165) is 6.42 Å². The van der Waals surface area contributed by atoms with Crippen molar-refractivity contribution in [1.29, 1.82) is 0 Å². The first-order valence-corrected chi connectivity index (χ1v) is 5.76. The largest absolute Gasteiger partial charge is 0.480 e. The zero-order valence-electron chi connectivity index (χ0n) is 9.36. The van der Waals surface area contributed by atoms with Crippen LogP contribution in [0.3, 0.4) is 0 Å². The molecule has 5 nitrogen and oxygen atoms in total. The van der Waals surface area contributed by atoms with Crippen molar-refractivity contribution < 1.29 is 19.4 Å². The first-order chi connectivity index (χ1) is 7.59. The molecule has 90 valence electrons. The Morgan fingerprint density at radius 1 is 1.50 bits per heavy atom. The van der Waals surface area contributed by atoms with Crippen LogP contribution in [0, 0.1) is 5.92 Å². The van der Waals surface area contributed by atoms with Crippen molar-refractivity contribution >= 4 is 11.9 Å². The Hall–Kier alpha value is -1.10. The summed E-state index contributed by atoms with van der Waals surface area (Å²) < 4.78 is 5.42. The van der Waals surface area contributed by atoms with Gasteiger partial charge in [0.05, 0.1) is 12.0 Å². The van der Waals surface area contributed by atoms with Crippen LogP contribution in [0.2, 0.25) is 0 Å². The Bertz CT molecular complexity index is 311. The number of carboxylic acids is 1. The van der Waals surface area contributed by atoms with Gasteiger partial charge in [-0.2, -0.15) is 0 Å². The molecule has 0 aromatic rings. The highest BCUT2D eigenvalue weighted by molar-refractivity contribution is 5.90. The van der Waals surface area contributed by atoms with Crippen LogP contribution in [0.25, 0.3) is 0 Å². The predicted molar refractivity (Wildman–Crippen MR) is 55.9 cm³/mol. The number of aliphatic carboxylic acids is 1. The summed E-state index contributed by atoms with van der Waals surface area (Å²) >= 11 is 0. The normalized spacial score (nSPS) is 31.1. The number of hydrogen-bond acceptors (Lipinski definition) is 3. The van der Waals surface area contributed by atoms with Gasteiger partial charge < -0.3 is 15.2 Å². The minimum absolute atomic E-state index is 0.0513. The Morgan fingerprint density at radius 3 is 2.69 bits per heavy atom. The van der Waals surface area contributed by atoms with Crippen LogP contribution >= 0.6 is 0 Å². The van der Waals surface area contributed by atoms with Gasteiger partial charge in [-0.25, -0.2) is 4.79 Å². The first-order valence-electron chi connectivity index (χ1n) is 5.76. The van der Waals surface area contributed by atoms with E-state index in [9.17, 15) is 9.59 Å². The van der Waals surface area contributed by atoms with E-state index in [0.29, 0.717) is 25.9 Å². The van der Waals surface area contributed by atoms with Crippen LogP contribution in [-0.2, 0) is 14.3 Å². The van der Waals surface area contributed by atoms with Gasteiger partial charge in [-0.15, -0.1) is 0 Å². The number of hydrogen-bond donors (Lipinski definition) is 2. The van der Waals surface area contributed by atoms with Crippen molar-refractivity contribution in [3.63, 3.8) is 0 Å². The highest BCUT2D eigenvalue weighted by atomic mass is 16.5. The molecule has 0 spiro atoms. The van der Waals surface area contributed by atoms with Crippen molar-refractivity contribution in [2.45, 2.75) is 44.2 Å². The predicted octanol–water partition coefficient (Wildman–Crippen LogP) is 0.535. The summed E-state index contributed by atoms with van der Waals surface area (Å²) in [6.45, 7) is 2.57. The summed E-state index contributed by atoms with van der Waals surface area (Å²) in [5.41, 5.74) is -0.974. The number of rotatable bonds is 4. The summed E-state index contributed by atoms with van der Waals surface area (Å²) in [4.78, 5) is 22.9. The second-order valence-corrected chi connectivity index (χ2v) is 4.59. The molecule has 1 saturated carbocycles. The van der Waals surface area contributed by atoms with Gasteiger partial charge in [0.25, 0.3) is 0 Å². The first kappa shape index (κ1) is 11.4. The standard InChI is InChI=1S/C11H17NO4/c1-2-8-7(3-6-16-8)9(13)12-11(4-5-11)10(14)15/h7-8H,2-6H2,1H3,(H,12,13)(H,14,15). The van der Waals surface area contributed by atoms with Gasteiger partial charge in [0.2, 0.25) is 5.91 Å². The molecule has 1 amide bonds. The lowest BCUT2D eigenvalue weighted by Gasteiger charge is -2.19. The minimum Gasteiger partial charge on any atom is -0.480 e. The average molecular weight is 227 g/mol. The molecule has 1 saturated heterocycles. The maximum absolute atomic E-state index is 11.9. The SMILES string of the molecule is CCC1OCCC1C(=O)NC1(C(=O)O)CC1. The molecule has 2 fully saturated rings. The fourth-order valence-corrected chi connectivity index (χ4v) is 2.20. The van der Waals surface area contributed by atoms with E-state index in [1.807, 2.05) is 6.92 Å². The second kappa shape index (κ2) is 4.05. The number of ether oxygens (including phenoxy) is 1. The van der Waals surface area contributed by atoms with Crippen molar-refractivity contribution in [1.82, 2.24) is 5.32 Å². The molecule has 2 aliphatic rings. The highest BCUT2D eigenvalue weighted by Crippen LogP contribution is 2.36. The van der Waals surface area contributed by atoms with Crippen LogP contribution in [0.1, 0.15) is 32.6 Å². The molecular weight excluding hydrogens is 210 g/mol. The number of amides is 1. The van der Waals surface area contributed by atoms with E-state index in [-0.39, 0.29) is 17.9 Å². The number of carbonyl (C=O) groups is 2. The minimum atomic E-state index is -0.974. The van der Waals surface area contributed by atoms with Crippen LogP contribution in [0.5, 0.6) is 0 Å². The molecule has 2 N–H and O–H groups in total. The van der Waals surface area contributed by atoms with E-state index in [4.69, 9.17) is 9.84 Å². The molecule has 5 heteroatoms. The van der Waals surface area contributed by atoms with Gasteiger partial charge in [-0.05, 0) is 25.7 Å². The molecule has 0 radical (unpaired) electrons. The van der Waals surface area contributed by atoms with Gasteiger partial charge in [-0.3, -0.25) is 4.79 Å². The third-order valence-corrected chi connectivity index (χ3v) is 3.47. The van der Waals surface area contributed by atoms with E-state index in [2.05, 4.69) is 5.32 Å². The van der Waals surface area contributed by atoms with Crippen molar-refractivity contribution in [2.75, 3.05) is 6.61 Å². The topological polar surface area (TPSA) is 75.6 Å². The van der Waals surface area contributed by atoms with Gasteiger partial charge in [0, 0.05) is 6.61 Å². The molecule has 2 atom stereocenters. The average Bonchev–Trinajstić information content (AvgIpc) is 2.88. The van der Waals surface area contributed by atoms with Crippen molar-refractivity contribution in [2.24, 2.45) is 5.92 Å².